The van der Waals surface area contributed by atoms with E-state index in [4.69, 9.17) is 11.1 Å². The van der Waals surface area contributed by atoms with E-state index in [1.54, 1.807) is 23.0 Å². The molecule has 3 rings (SSSR count). The van der Waals surface area contributed by atoms with Crippen LogP contribution in [0.3, 0.4) is 0 Å². The minimum absolute atomic E-state index is 0.0935. The number of carbonyl (C=O) groups excluding carboxylic acids is 2. The van der Waals surface area contributed by atoms with Crippen LogP contribution in [0, 0.1) is 17.2 Å². The van der Waals surface area contributed by atoms with Crippen LogP contribution in [-0.2, 0) is 16.1 Å². The number of nitrogens with zero attached hydrogens (tertiary/aromatic N) is 3. The Labute approximate surface area is 205 Å². The van der Waals surface area contributed by atoms with E-state index in [9.17, 15) is 19.8 Å². The summed E-state index contributed by atoms with van der Waals surface area (Å²) in [6.07, 6.45) is 2.16. The van der Waals surface area contributed by atoms with Crippen LogP contribution in [0.1, 0.15) is 51.3 Å². The Morgan fingerprint density at radius 2 is 2.03 bits per heavy atom. The Morgan fingerprint density at radius 1 is 1.31 bits per heavy atom. The highest BCUT2D eigenvalue weighted by Crippen LogP contribution is 2.32. The van der Waals surface area contributed by atoms with E-state index in [0.29, 0.717) is 17.7 Å². The molecule has 10 heteroatoms. The Kier molecular flexibility index (Phi) is 8.29. The van der Waals surface area contributed by atoms with E-state index in [1.807, 2.05) is 33.8 Å². The van der Waals surface area contributed by atoms with Gasteiger partial charge in [-0.05, 0) is 18.9 Å². The number of amides is 2. The van der Waals surface area contributed by atoms with Crippen molar-refractivity contribution in [1.82, 2.24) is 20.0 Å². The summed E-state index contributed by atoms with van der Waals surface area (Å²) in [7, 11) is 0. The fourth-order valence-corrected chi connectivity index (χ4v) is 4.49. The van der Waals surface area contributed by atoms with Gasteiger partial charge in [0.25, 0.3) is 0 Å². The van der Waals surface area contributed by atoms with Gasteiger partial charge >= 0.3 is 0 Å². The standard InChI is InChI=1S/C25H36N6O4/c1-5-31-21(8-9-28-31)17-6-7-18(23(27)19(17)11-26)20(13-32)29-24(34)22-10-16(33)12-30(22)25(35)15(4)14(2)3/h6-9,11,14-16,20,22,26,32-33H,5,10,12-13,27H2,1-4H3,(H,29,34). The second kappa shape index (κ2) is 11.0. The number of aromatic nitrogens is 2. The van der Waals surface area contributed by atoms with Crippen LogP contribution < -0.4 is 11.1 Å². The Balaban J connectivity index is 1.88. The molecule has 4 atom stereocenters. The van der Waals surface area contributed by atoms with Crippen LogP contribution in [0.15, 0.2) is 24.4 Å². The molecule has 0 saturated carbocycles. The lowest BCUT2D eigenvalue weighted by Crippen LogP contribution is -2.49. The third-order valence-corrected chi connectivity index (χ3v) is 6.89. The summed E-state index contributed by atoms with van der Waals surface area (Å²) in [5.74, 6) is -0.844. The summed E-state index contributed by atoms with van der Waals surface area (Å²) < 4.78 is 1.79. The van der Waals surface area contributed by atoms with Gasteiger partial charge in [0, 0.05) is 60.2 Å². The average molecular weight is 485 g/mol. The molecule has 0 aliphatic carbocycles. The molecule has 1 fully saturated rings. The quantitative estimate of drug-likeness (QED) is 0.268. The van der Waals surface area contributed by atoms with Gasteiger partial charge in [0.05, 0.1) is 24.4 Å². The first-order chi connectivity index (χ1) is 16.6. The molecule has 0 radical (unpaired) electrons. The number of likely N-dealkylation sites (tertiary alicyclic amines) is 1. The van der Waals surface area contributed by atoms with Crippen LogP contribution in [-0.4, -0.2) is 68.2 Å². The van der Waals surface area contributed by atoms with E-state index >= 15 is 0 Å². The molecule has 1 aliphatic heterocycles. The number of nitrogen functional groups attached to an aromatic ring is 1. The molecular weight excluding hydrogens is 448 g/mol. The first-order valence-electron chi connectivity index (χ1n) is 12.0. The van der Waals surface area contributed by atoms with Gasteiger partial charge in [-0.3, -0.25) is 14.3 Å². The van der Waals surface area contributed by atoms with Crippen molar-refractivity contribution in [3.05, 3.63) is 35.5 Å². The van der Waals surface area contributed by atoms with Crippen molar-refractivity contribution >= 4 is 23.7 Å². The number of aliphatic hydroxyl groups excluding tert-OH is 2. The van der Waals surface area contributed by atoms with Crippen LogP contribution in [0.4, 0.5) is 5.69 Å². The number of β-amino-alcohol motifs (C(OH)–C–C–N with tert-alkyl or cyclic N) is 1. The van der Waals surface area contributed by atoms with Crippen LogP contribution in [0.2, 0.25) is 0 Å². The summed E-state index contributed by atoms with van der Waals surface area (Å²) >= 11 is 0. The van der Waals surface area contributed by atoms with E-state index in [1.165, 1.54) is 4.90 Å². The largest absolute Gasteiger partial charge is 0.398 e. The number of aryl methyl sites for hydroxylation is 1. The predicted octanol–water partition coefficient (Wildman–Crippen LogP) is 1.55. The number of hydrogen-bond acceptors (Lipinski definition) is 7. The monoisotopic (exact) mass is 484 g/mol. The number of anilines is 1. The topological polar surface area (TPSA) is 158 Å². The van der Waals surface area contributed by atoms with Crippen molar-refractivity contribution in [3.63, 3.8) is 0 Å². The number of nitrogens with one attached hydrogen (secondary N) is 2. The molecule has 2 amide bonds. The molecule has 10 nitrogen and oxygen atoms in total. The zero-order chi connectivity index (χ0) is 25.9. The molecule has 2 aromatic rings. The number of carbonyl (C=O) groups is 2. The summed E-state index contributed by atoms with van der Waals surface area (Å²) in [5, 5.41) is 35.3. The van der Waals surface area contributed by atoms with Crippen LogP contribution in [0.25, 0.3) is 11.3 Å². The number of nitrogens with two attached hydrogens (primary N) is 1. The van der Waals surface area contributed by atoms with Gasteiger partial charge in [-0.15, -0.1) is 0 Å². The molecule has 1 saturated heterocycles. The minimum Gasteiger partial charge on any atom is -0.398 e. The molecule has 1 aromatic heterocycles. The molecule has 1 aliphatic rings. The molecule has 0 spiro atoms. The second-order valence-corrected chi connectivity index (χ2v) is 9.38. The normalized spacial score (nSPS) is 19.6. The first kappa shape index (κ1) is 26.4. The highest BCUT2D eigenvalue weighted by atomic mass is 16.3. The Bertz CT molecular complexity index is 1080. The summed E-state index contributed by atoms with van der Waals surface area (Å²) in [4.78, 5) is 27.6. The van der Waals surface area contributed by atoms with E-state index in [-0.39, 0.29) is 36.4 Å². The zero-order valence-electron chi connectivity index (χ0n) is 20.7. The molecule has 1 aromatic carbocycles. The maximum atomic E-state index is 13.2. The fourth-order valence-electron chi connectivity index (χ4n) is 4.49. The van der Waals surface area contributed by atoms with Crippen LogP contribution >= 0.6 is 0 Å². The predicted molar refractivity (Wildman–Crippen MR) is 134 cm³/mol. The van der Waals surface area contributed by atoms with Crippen molar-refractivity contribution in [3.8, 4) is 11.3 Å². The lowest BCUT2D eigenvalue weighted by Gasteiger charge is -2.29. The van der Waals surface area contributed by atoms with Crippen LogP contribution in [0.5, 0.6) is 0 Å². The second-order valence-electron chi connectivity index (χ2n) is 9.38. The van der Waals surface area contributed by atoms with Crippen molar-refractivity contribution < 1.29 is 19.8 Å². The minimum atomic E-state index is -0.844. The summed E-state index contributed by atoms with van der Waals surface area (Å²) in [6.45, 7) is 7.97. The van der Waals surface area contributed by atoms with Gasteiger partial charge < -0.3 is 31.6 Å². The number of aliphatic hydroxyl groups is 2. The van der Waals surface area contributed by atoms with Gasteiger partial charge in [-0.1, -0.05) is 32.9 Å². The molecule has 4 unspecified atom stereocenters. The van der Waals surface area contributed by atoms with Gasteiger partial charge in [-0.2, -0.15) is 5.10 Å². The fraction of sp³-hybridized carbons (Fsp3) is 0.520. The Morgan fingerprint density at radius 3 is 2.63 bits per heavy atom. The molecule has 35 heavy (non-hydrogen) atoms. The summed E-state index contributed by atoms with van der Waals surface area (Å²) in [6, 6.07) is 3.67. The van der Waals surface area contributed by atoms with Gasteiger partial charge in [0.2, 0.25) is 11.8 Å². The third-order valence-electron chi connectivity index (χ3n) is 6.89. The molecule has 0 bridgehead atoms. The van der Waals surface area contributed by atoms with E-state index in [0.717, 1.165) is 17.5 Å². The average Bonchev–Trinajstić information content (AvgIpc) is 3.47. The molecule has 2 heterocycles. The third kappa shape index (κ3) is 5.23. The van der Waals surface area contributed by atoms with E-state index in [2.05, 4.69) is 10.4 Å². The SMILES string of the molecule is CCn1nccc1-c1ccc(C(CO)NC(=O)C2CC(O)CN2C(=O)C(C)C(C)C)c(N)c1C=N. The Hall–Kier alpha value is -3.24. The summed E-state index contributed by atoms with van der Waals surface area (Å²) in [5.41, 5.74) is 9.16. The van der Waals surface area contributed by atoms with E-state index < -0.39 is 30.7 Å². The van der Waals surface area contributed by atoms with Crippen molar-refractivity contribution in [2.24, 2.45) is 11.8 Å². The van der Waals surface area contributed by atoms with Crippen molar-refractivity contribution in [1.29, 1.82) is 5.41 Å². The number of rotatable bonds is 9. The maximum absolute atomic E-state index is 13.2. The lowest BCUT2D eigenvalue weighted by atomic mass is 9.95. The molecular formula is C25H36N6O4. The highest BCUT2D eigenvalue weighted by Gasteiger charge is 2.41. The maximum Gasteiger partial charge on any atom is 0.243 e. The van der Waals surface area contributed by atoms with Gasteiger partial charge in [-0.25, -0.2) is 0 Å². The van der Waals surface area contributed by atoms with Gasteiger partial charge in [0.1, 0.15) is 6.04 Å². The molecule has 190 valence electrons. The first-order valence-corrected chi connectivity index (χ1v) is 12.0. The lowest BCUT2D eigenvalue weighted by molar-refractivity contribution is -0.142. The smallest absolute Gasteiger partial charge is 0.243 e. The molecule has 6 N–H and O–H groups in total. The number of benzene rings is 1. The van der Waals surface area contributed by atoms with Crippen molar-refractivity contribution in [2.75, 3.05) is 18.9 Å². The highest BCUT2D eigenvalue weighted by molar-refractivity contribution is 5.96. The number of hydrogen-bond donors (Lipinski definition) is 5. The van der Waals surface area contributed by atoms with Gasteiger partial charge in [0.15, 0.2) is 0 Å². The van der Waals surface area contributed by atoms with Crippen molar-refractivity contribution in [2.45, 2.75) is 58.8 Å². The zero-order valence-corrected chi connectivity index (χ0v) is 20.7.